The molecule has 0 radical (unpaired) electrons. The molecule has 5 nitrogen and oxygen atoms in total. The number of halogens is 1. The first-order valence-corrected chi connectivity index (χ1v) is 10.3. The topological polar surface area (TPSA) is 71.1 Å². The summed E-state index contributed by atoms with van der Waals surface area (Å²) in [6.45, 7) is 0.568. The molecule has 4 aromatic rings. The molecule has 0 saturated heterocycles. The van der Waals surface area contributed by atoms with Gasteiger partial charge in [-0.1, -0.05) is 66.2 Å². The average Bonchev–Trinajstić information content (AvgIpc) is 2.78. The fourth-order valence-electron chi connectivity index (χ4n) is 4.14. The molecule has 0 saturated carbocycles. The molecular formula is C24H20ClN3O2. The number of hydrogen-bond donors (Lipinski definition) is 2. The van der Waals surface area contributed by atoms with Crippen LogP contribution in [0.15, 0.2) is 67.0 Å². The third-order valence-electron chi connectivity index (χ3n) is 5.57. The minimum absolute atomic E-state index is 0.0583. The highest BCUT2D eigenvalue weighted by molar-refractivity contribution is 6.31. The van der Waals surface area contributed by atoms with E-state index in [-0.39, 0.29) is 12.5 Å². The Morgan fingerprint density at radius 3 is 2.67 bits per heavy atom. The fourth-order valence-corrected chi connectivity index (χ4v) is 4.39. The normalized spacial score (nSPS) is 14.8. The highest BCUT2D eigenvalue weighted by Crippen LogP contribution is 2.49. The summed E-state index contributed by atoms with van der Waals surface area (Å²) >= 11 is 6.62. The monoisotopic (exact) mass is 417 g/mol. The zero-order valence-electron chi connectivity index (χ0n) is 16.2. The summed E-state index contributed by atoms with van der Waals surface area (Å²) in [5.74, 6) is 0.906. The van der Waals surface area contributed by atoms with Gasteiger partial charge in [0.1, 0.15) is 17.6 Å². The van der Waals surface area contributed by atoms with Gasteiger partial charge in [-0.05, 0) is 23.4 Å². The third-order valence-corrected chi connectivity index (χ3v) is 5.91. The highest BCUT2D eigenvalue weighted by atomic mass is 35.5. The Morgan fingerprint density at radius 2 is 1.83 bits per heavy atom. The van der Waals surface area contributed by atoms with Gasteiger partial charge >= 0.3 is 0 Å². The van der Waals surface area contributed by atoms with Crippen LogP contribution in [0.5, 0.6) is 11.6 Å². The lowest BCUT2D eigenvalue weighted by molar-refractivity contribution is 0.278. The molecule has 0 spiro atoms. The van der Waals surface area contributed by atoms with Gasteiger partial charge in [0.05, 0.1) is 5.56 Å². The molecule has 5 rings (SSSR count). The van der Waals surface area contributed by atoms with Gasteiger partial charge in [-0.25, -0.2) is 4.98 Å². The van der Waals surface area contributed by atoms with Crippen molar-refractivity contribution in [2.75, 3.05) is 6.61 Å². The van der Waals surface area contributed by atoms with E-state index in [0.717, 1.165) is 27.6 Å². The van der Waals surface area contributed by atoms with Gasteiger partial charge < -0.3 is 14.4 Å². The first-order valence-electron chi connectivity index (χ1n) is 9.87. The van der Waals surface area contributed by atoms with Crippen molar-refractivity contribution in [1.29, 1.82) is 5.41 Å². The van der Waals surface area contributed by atoms with Crippen molar-refractivity contribution in [3.63, 3.8) is 0 Å². The molecule has 1 aromatic heterocycles. The van der Waals surface area contributed by atoms with Crippen LogP contribution in [0.3, 0.4) is 0 Å². The van der Waals surface area contributed by atoms with E-state index in [9.17, 15) is 5.11 Å². The minimum atomic E-state index is -0.274. The van der Waals surface area contributed by atoms with E-state index in [1.807, 2.05) is 42.5 Å². The lowest BCUT2D eigenvalue weighted by Crippen LogP contribution is -2.30. The Hall–Kier alpha value is -3.15. The van der Waals surface area contributed by atoms with E-state index < -0.39 is 0 Å². The van der Waals surface area contributed by atoms with Gasteiger partial charge in [-0.3, -0.25) is 5.41 Å². The molecule has 2 heterocycles. The molecule has 1 atom stereocenters. The number of ether oxygens (including phenoxy) is 1. The largest absolute Gasteiger partial charge is 0.438 e. The first-order chi connectivity index (χ1) is 14.7. The van der Waals surface area contributed by atoms with Gasteiger partial charge in [-0.2, -0.15) is 0 Å². The lowest BCUT2D eigenvalue weighted by atomic mass is 9.83. The summed E-state index contributed by atoms with van der Waals surface area (Å²) in [6, 6.07) is 19.9. The Bertz CT molecular complexity index is 1320. The van der Waals surface area contributed by atoms with E-state index in [1.54, 1.807) is 10.9 Å². The van der Waals surface area contributed by atoms with Gasteiger partial charge in [0.2, 0.25) is 5.88 Å². The molecule has 3 aromatic carbocycles. The summed E-state index contributed by atoms with van der Waals surface area (Å²) in [5.41, 5.74) is 2.88. The van der Waals surface area contributed by atoms with E-state index >= 15 is 0 Å². The Morgan fingerprint density at radius 1 is 1.03 bits per heavy atom. The van der Waals surface area contributed by atoms with Crippen LogP contribution in [-0.2, 0) is 6.54 Å². The van der Waals surface area contributed by atoms with Crippen LogP contribution >= 0.6 is 11.6 Å². The number of aryl methyl sites for hydroxylation is 1. The summed E-state index contributed by atoms with van der Waals surface area (Å²) in [4.78, 5) is 4.54. The van der Waals surface area contributed by atoms with E-state index in [1.165, 1.54) is 0 Å². The summed E-state index contributed by atoms with van der Waals surface area (Å²) in [6.07, 6.45) is 2.16. The van der Waals surface area contributed by atoms with Crippen LogP contribution in [0.1, 0.15) is 29.0 Å². The maximum atomic E-state index is 9.22. The van der Waals surface area contributed by atoms with Crippen LogP contribution in [0.25, 0.3) is 10.8 Å². The average molecular weight is 418 g/mol. The fraction of sp³-hybridized carbons (Fsp3) is 0.167. The summed E-state index contributed by atoms with van der Waals surface area (Å²) in [7, 11) is 0. The van der Waals surface area contributed by atoms with Gasteiger partial charge in [0.15, 0.2) is 0 Å². The van der Waals surface area contributed by atoms with Crippen molar-refractivity contribution in [1.82, 2.24) is 9.55 Å². The molecule has 0 bridgehead atoms. The summed E-state index contributed by atoms with van der Waals surface area (Å²) in [5, 5.41) is 20.8. The van der Waals surface area contributed by atoms with Crippen molar-refractivity contribution in [3.8, 4) is 11.6 Å². The van der Waals surface area contributed by atoms with Gasteiger partial charge in [0, 0.05) is 35.0 Å². The Balaban J connectivity index is 1.81. The lowest BCUT2D eigenvalue weighted by Gasteiger charge is -2.30. The number of nitrogens with zero attached hydrogens (tertiary/aromatic N) is 2. The number of benzene rings is 3. The van der Waals surface area contributed by atoms with Crippen LogP contribution in [-0.4, -0.2) is 21.3 Å². The molecule has 150 valence electrons. The van der Waals surface area contributed by atoms with Crippen molar-refractivity contribution >= 4 is 22.4 Å². The van der Waals surface area contributed by atoms with E-state index in [4.69, 9.17) is 21.7 Å². The highest BCUT2D eigenvalue weighted by Gasteiger charge is 2.34. The van der Waals surface area contributed by atoms with Crippen molar-refractivity contribution in [2.24, 2.45) is 0 Å². The number of aliphatic hydroxyl groups excluding tert-OH is 1. The van der Waals surface area contributed by atoms with E-state index in [0.29, 0.717) is 34.9 Å². The predicted octanol–water partition coefficient (Wildman–Crippen LogP) is 4.84. The quantitative estimate of drug-likeness (QED) is 0.439. The number of nitrogens with one attached hydrogen (secondary N) is 1. The molecule has 0 aliphatic carbocycles. The molecule has 2 N–H and O–H groups in total. The number of hydrogen-bond acceptors (Lipinski definition) is 4. The third kappa shape index (κ3) is 2.98. The Kier molecular flexibility index (Phi) is 4.77. The second-order valence-electron chi connectivity index (χ2n) is 7.34. The van der Waals surface area contributed by atoms with Crippen LogP contribution < -0.4 is 10.2 Å². The molecular weight excluding hydrogens is 398 g/mol. The standard InChI is InChI=1S/C24H20ClN3O2/c25-19-9-4-3-8-17(19)20-18-11-10-15-6-1-2-7-16(15)22(18)30-24-21(20)23(26)28(14-27-24)12-5-13-29/h1-4,6-11,14,20,26,29H,5,12-13H2/t20-/m0/s1. The smallest absolute Gasteiger partial charge is 0.228 e. The predicted molar refractivity (Wildman–Crippen MR) is 116 cm³/mol. The van der Waals surface area contributed by atoms with Gasteiger partial charge in [0.25, 0.3) is 0 Å². The van der Waals surface area contributed by atoms with Crippen LogP contribution in [0.2, 0.25) is 5.02 Å². The maximum Gasteiger partial charge on any atom is 0.228 e. The number of fused-ring (bicyclic) bond motifs is 4. The first kappa shape index (κ1) is 18.9. The molecule has 30 heavy (non-hydrogen) atoms. The molecule has 0 unspecified atom stereocenters. The Labute approximate surface area is 178 Å². The second kappa shape index (κ2) is 7.59. The minimum Gasteiger partial charge on any atom is -0.438 e. The zero-order valence-corrected chi connectivity index (χ0v) is 16.9. The molecule has 0 amide bonds. The number of rotatable bonds is 4. The molecule has 1 aliphatic heterocycles. The van der Waals surface area contributed by atoms with Gasteiger partial charge in [-0.15, -0.1) is 0 Å². The molecule has 1 aliphatic rings. The van der Waals surface area contributed by atoms with Crippen molar-refractivity contribution in [3.05, 3.63) is 94.2 Å². The second-order valence-corrected chi connectivity index (χ2v) is 7.75. The number of aliphatic hydroxyl groups is 1. The number of aromatic nitrogens is 2. The molecule has 0 fully saturated rings. The van der Waals surface area contributed by atoms with Crippen LogP contribution in [0, 0.1) is 5.41 Å². The van der Waals surface area contributed by atoms with Crippen LogP contribution in [0.4, 0.5) is 0 Å². The van der Waals surface area contributed by atoms with E-state index in [2.05, 4.69) is 23.2 Å². The van der Waals surface area contributed by atoms with Crippen molar-refractivity contribution < 1.29 is 9.84 Å². The maximum absolute atomic E-state index is 9.22. The summed E-state index contributed by atoms with van der Waals surface area (Å²) < 4.78 is 8.03. The molecule has 6 heteroatoms. The zero-order chi connectivity index (χ0) is 20.7. The SMILES string of the molecule is N=c1c2c(ncn1CCCO)Oc1c(ccc3ccccc13)[C@@H]2c1ccccc1Cl. The van der Waals surface area contributed by atoms with Crippen molar-refractivity contribution in [2.45, 2.75) is 18.9 Å².